The Kier molecular flexibility index (Phi) is 8.76. The highest BCUT2D eigenvalue weighted by molar-refractivity contribution is 6.02. The van der Waals surface area contributed by atoms with Crippen molar-refractivity contribution in [2.75, 3.05) is 25.4 Å². The number of carbonyl (C=O) groups excluding carboxylic acids is 1. The van der Waals surface area contributed by atoms with Gasteiger partial charge in [0, 0.05) is 37.7 Å². The predicted octanol–water partition coefficient (Wildman–Crippen LogP) is 2.75. The molecule has 1 amide bonds. The van der Waals surface area contributed by atoms with Gasteiger partial charge in [-0.1, -0.05) is 55.7 Å². The molecule has 0 saturated carbocycles. The number of aromatic nitrogens is 4. The highest BCUT2D eigenvalue weighted by Crippen LogP contribution is 2.35. The summed E-state index contributed by atoms with van der Waals surface area (Å²) < 4.78 is 3.06. The first-order chi connectivity index (χ1) is 21.2. The van der Waals surface area contributed by atoms with E-state index in [9.17, 15) is 14.7 Å². The summed E-state index contributed by atoms with van der Waals surface area (Å²) in [6.45, 7) is 8.12. The molecule has 2 aromatic heterocycles. The maximum Gasteiger partial charge on any atom is 0.267 e. The lowest BCUT2D eigenvalue weighted by Crippen LogP contribution is -2.58. The molecule has 44 heavy (non-hydrogen) atoms. The van der Waals surface area contributed by atoms with E-state index in [4.69, 9.17) is 16.5 Å². The molecule has 11 nitrogen and oxygen atoms in total. The molecule has 2 bridgehead atoms. The molecule has 3 saturated heterocycles. The number of hydrogen-bond acceptors (Lipinski definition) is 8. The fraction of sp³-hybridized carbons (Fsp3) is 0.303. The van der Waals surface area contributed by atoms with E-state index < -0.39 is 11.5 Å². The van der Waals surface area contributed by atoms with Crippen molar-refractivity contribution < 1.29 is 9.90 Å². The molecule has 11 heteroatoms. The summed E-state index contributed by atoms with van der Waals surface area (Å²) in [4.78, 5) is 35.6. The number of para-hydroxylation sites is 1. The number of aliphatic hydroxyl groups is 1. The van der Waals surface area contributed by atoms with Crippen LogP contribution in [0.15, 0.2) is 71.0 Å². The van der Waals surface area contributed by atoms with Crippen LogP contribution in [0, 0.1) is 17.8 Å². The van der Waals surface area contributed by atoms with Crippen LogP contribution in [-0.2, 0) is 13.5 Å². The minimum absolute atomic E-state index is 0.0798. The van der Waals surface area contributed by atoms with Crippen LogP contribution in [0.2, 0.25) is 0 Å². The number of primary amides is 1. The van der Waals surface area contributed by atoms with Crippen LogP contribution in [0.25, 0.3) is 16.6 Å². The molecule has 5 N–H and O–H groups in total. The molecule has 1 atom stereocenters. The first kappa shape index (κ1) is 30.4. The van der Waals surface area contributed by atoms with Gasteiger partial charge in [0.15, 0.2) is 11.6 Å². The number of hydrogen-bond donors (Lipinski definition) is 3. The van der Waals surface area contributed by atoms with Crippen LogP contribution < -0.4 is 17.0 Å². The monoisotopic (exact) mass is 592 g/mol. The minimum atomic E-state index is -1.01. The third-order valence-electron chi connectivity index (χ3n) is 8.03. The summed E-state index contributed by atoms with van der Waals surface area (Å²) in [5.74, 6) is 6.99. The van der Waals surface area contributed by atoms with Crippen molar-refractivity contribution in [3.8, 4) is 17.5 Å². The lowest BCUT2D eigenvalue weighted by Gasteiger charge is -2.47. The third-order valence-corrected chi connectivity index (χ3v) is 8.03. The van der Waals surface area contributed by atoms with Crippen molar-refractivity contribution in [2.45, 2.75) is 31.8 Å². The van der Waals surface area contributed by atoms with E-state index in [2.05, 4.69) is 33.4 Å². The zero-order valence-electron chi connectivity index (χ0n) is 24.9. The average molecular weight is 593 g/mol. The summed E-state index contributed by atoms with van der Waals surface area (Å²) in [5.41, 5.74) is 11.7. The number of anilines is 1. The Balaban J connectivity index is 0.000000232. The van der Waals surface area contributed by atoms with Crippen LogP contribution in [0.5, 0.6) is 0 Å². The molecule has 3 fully saturated rings. The van der Waals surface area contributed by atoms with Gasteiger partial charge < -0.3 is 16.6 Å². The second-order valence-electron chi connectivity index (χ2n) is 10.9. The average Bonchev–Trinajstić information content (AvgIpc) is 3.32. The van der Waals surface area contributed by atoms with E-state index >= 15 is 0 Å². The summed E-state index contributed by atoms with van der Waals surface area (Å²) in [6.07, 6.45) is 5.51. The van der Waals surface area contributed by atoms with Crippen molar-refractivity contribution in [3.05, 3.63) is 88.5 Å². The second-order valence-corrected chi connectivity index (χ2v) is 10.9. The number of aliphatic imine (C=N–C) groups is 1. The summed E-state index contributed by atoms with van der Waals surface area (Å²) >= 11 is 0. The normalized spacial score (nSPS) is 20.5. The van der Waals surface area contributed by atoms with Gasteiger partial charge in [-0.15, -0.1) is 0 Å². The van der Waals surface area contributed by atoms with E-state index in [-0.39, 0.29) is 22.9 Å². The van der Waals surface area contributed by atoms with Crippen molar-refractivity contribution in [3.63, 3.8) is 0 Å². The molecule has 226 valence electrons. The minimum Gasteiger partial charge on any atom is -0.381 e. The number of fused-ring (bicyclic) bond motifs is 4. The first-order valence-electron chi connectivity index (χ1n) is 14.5. The zero-order chi connectivity index (χ0) is 31.4. The number of carbonyl (C=O) groups is 1. The summed E-state index contributed by atoms with van der Waals surface area (Å²) in [7, 11) is 1.62. The standard InChI is InChI=1S/C25H25N3O2.C8H11N5O/c1-2-22-26-21-10-6-7-18(11-14-25(30)17-27-15-12-19(25)13-16-27)23(21)24(29)28(22)20-8-4-3-5-9-20;1-3-4-11-8-5(7(10)14)6(9)12-13(8)2/h3-10,19,30H,2,12-13,15-17H2,1H3;3-4H,1H2,2H3,(H2,9,12)(H2,10,14)/b;11-4-. The van der Waals surface area contributed by atoms with Gasteiger partial charge in [0.25, 0.3) is 11.5 Å². The quantitative estimate of drug-likeness (QED) is 0.238. The first-order valence-corrected chi connectivity index (χ1v) is 14.5. The van der Waals surface area contributed by atoms with Gasteiger partial charge in [0.2, 0.25) is 0 Å². The van der Waals surface area contributed by atoms with Gasteiger partial charge in [-0.05, 0) is 50.2 Å². The van der Waals surface area contributed by atoms with Crippen molar-refractivity contribution in [2.24, 2.45) is 23.7 Å². The Morgan fingerprint density at radius 3 is 2.55 bits per heavy atom. The summed E-state index contributed by atoms with van der Waals surface area (Å²) in [5, 5.41) is 15.5. The molecule has 4 aromatic rings. The Morgan fingerprint density at radius 2 is 1.93 bits per heavy atom. The van der Waals surface area contributed by atoms with Crippen LogP contribution >= 0.6 is 0 Å². The van der Waals surface area contributed by atoms with Crippen LogP contribution in [0.1, 0.15) is 41.5 Å². The molecule has 0 aliphatic carbocycles. The Morgan fingerprint density at radius 1 is 1.20 bits per heavy atom. The number of nitrogens with zero attached hydrogens (tertiary/aromatic N) is 6. The predicted molar refractivity (Wildman–Crippen MR) is 172 cm³/mol. The van der Waals surface area contributed by atoms with Crippen molar-refractivity contribution in [1.82, 2.24) is 24.2 Å². The maximum absolute atomic E-state index is 13.6. The molecule has 5 heterocycles. The molecular weight excluding hydrogens is 556 g/mol. The van der Waals surface area contributed by atoms with E-state index in [1.54, 1.807) is 11.6 Å². The van der Waals surface area contributed by atoms with Crippen molar-refractivity contribution in [1.29, 1.82) is 0 Å². The molecule has 3 aliphatic heterocycles. The smallest absolute Gasteiger partial charge is 0.267 e. The highest BCUT2D eigenvalue weighted by atomic mass is 16.3. The van der Waals surface area contributed by atoms with E-state index in [0.29, 0.717) is 35.2 Å². The van der Waals surface area contributed by atoms with Crippen LogP contribution in [0.3, 0.4) is 0 Å². The van der Waals surface area contributed by atoms with E-state index in [1.807, 2.05) is 55.5 Å². The van der Waals surface area contributed by atoms with Gasteiger partial charge in [-0.25, -0.2) is 14.7 Å². The number of rotatable bonds is 5. The lowest BCUT2D eigenvalue weighted by molar-refractivity contribution is -0.0713. The molecule has 7 rings (SSSR count). The Labute approximate surface area is 255 Å². The van der Waals surface area contributed by atoms with Gasteiger partial charge in [-0.2, -0.15) is 5.10 Å². The summed E-state index contributed by atoms with van der Waals surface area (Å²) in [6, 6.07) is 15.2. The second kappa shape index (κ2) is 12.7. The fourth-order valence-electron chi connectivity index (χ4n) is 5.86. The van der Waals surface area contributed by atoms with E-state index in [1.165, 1.54) is 17.0 Å². The molecular formula is C33H36N8O3. The number of benzene rings is 2. The Bertz CT molecular complexity index is 1860. The molecule has 1 unspecified atom stereocenters. The molecule has 0 spiro atoms. The van der Waals surface area contributed by atoms with Gasteiger partial charge in [0.1, 0.15) is 17.0 Å². The lowest BCUT2D eigenvalue weighted by atomic mass is 9.75. The third kappa shape index (κ3) is 5.90. The number of aryl methyl sites for hydroxylation is 2. The molecule has 3 aliphatic rings. The van der Waals surface area contributed by atoms with Gasteiger partial charge >= 0.3 is 0 Å². The number of nitrogen functional groups attached to an aromatic ring is 1. The number of nitrogens with two attached hydrogens (primary N) is 2. The highest BCUT2D eigenvalue weighted by Gasteiger charge is 2.44. The maximum atomic E-state index is 13.6. The largest absolute Gasteiger partial charge is 0.381 e. The molecule has 0 radical (unpaired) electrons. The van der Waals surface area contributed by atoms with E-state index in [0.717, 1.165) is 37.4 Å². The fourth-order valence-corrected chi connectivity index (χ4v) is 5.86. The Hall–Kier alpha value is -5.05. The van der Waals surface area contributed by atoms with Crippen LogP contribution in [0.4, 0.5) is 11.6 Å². The van der Waals surface area contributed by atoms with Gasteiger partial charge in [0.05, 0.1) is 16.6 Å². The topological polar surface area (TPSA) is 158 Å². The van der Waals surface area contributed by atoms with Crippen LogP contribution in [-0.4, -0.2) is 66.7 Å². The van der Waals surface area contributed by atoms with Gasteiger partial charge in [-0.3, -0.25) is 19.1 Å². The number of amides is 1. The zero-order valence-corrected chi connectivity index (χ0v) is 24.9. The number of piperidine rings is 3. The SMILES string of the molecule is C=C/C=N\c1c(C(N)=O)c(N)nn1C.CCc1nc2cccc(C#CC3(O)CN4CCC3CC4)c2c(=O)n1-c1ccccc1. The molecule has 2 aromatic carbocycles. The number of allylic oxidation sites excluding steroid dienone is 1. The van der Waals surface area contributed by atoms with Crippen molar-refractivity contribution >= 4 is 34.7 Å².